The Kier molecular flexibility index (Phi) is 3.81. The molecule has 114 valence electrons. The molecule has 1 aromatic heterocycles. The molecular formula is C16H15ClN2O3. The van der Waals surface area contributed by atoms with E-state index in [9.17, 15) is 0 Å². The minimum Gasteiger partial charge on any atom is -0.497 e. The van der Waals surface area contributed by atoms with Gasteiger partial charge in [0.15, 0.2) is 11.5 Å². The normalized spacial score (nSPS) is 10.7. The highest BCUT2D eigenvalue weighted by Gasteiger charge is 2.14. The molecule has 3 rings (SSSR count). The van der Waals surface area contributed by atoms with E-state index in [2.05, 4.69) is 9.97 Å². The number of fused-ring (bicyclic) bond motifs is 1. The lowest BCUT2D eigenvalue weighted by Gasteiger charge is -2.10. The summed E-state index contributed by atoms with van der Waals surface area (Å²) in [5.41, 5.74) is 2.56. The molecule has 3 aromatic rings. The van der Waals surface area contributed by atoms with Gasteiger partial charge in [-0.05, 0) is 24.3 Å². The molecule has 0 aliphatic rings. The van der Waals surface area contributed by atoms with Crippen molar-refractivity contribution in [2.24, 2.45) is 0 Å². The summed E-state index contributed by atoms with van der Waals surface area (Å²) in [6.45, 7) is 0. The van der Waals surface area contributed by atoms with Gasteiger partial charge in [-0.15, -0.1) is 0 Å². The Bertz CT molecular complexity index is 830. The maximum Gasteiger partial charge on any atom is 0.179 e. The zero-order chi connectivity index (χ0) is 15.7. The van der Waals surface area contributed by atoms with Gasteiger partial charge in [0.2, 0.25) is 0 Å². The number of hydrogen-bond donors (Lipinski definition) is 1. The molecule has 0 bridgehead atoms. The van der Waals surface area contributed by atoms with Crippen LogP contribution in [-0.2, 0) is 0 Å². The van der Waals surface area contributed by atoms with Crippen molar-refractivity contribution in [1.29, 1.82) is 0 Å². The summed E-state index contributed by atoms with van der Waals surface area (Å²) in [6.07, 6.45) is 0. The number of methoxy groups -OCH3 is 3. The number of ether oxygens (including phenoxy) is 3. The van der Waals surface area contributed by atoms with Gasteiger partial charge in [0.05, 0.1) is 37.4 Å². The second-order valence-electron chi connectivity index (χ2n) is 4.66. The van der Waals surface area contributed by atoms with E-state index in [-0.39, 0.29) is 0 Å². The quantitative estimate of drug-likeness (QED) is 0.792. The molecule has 0 saturated carbocycles. The zero-order valence-electron chi connectivity index (χ0n) is 12.4. The van der Waals surface area contributed by atoms with Crippen molar-refractivity contribution < 1.29 is 14.2 Å². The summed E-state index contributed by atoms with van der Waals surface area (Å²) in [4.78, 5) is 7.82. The minimum atomic E-state index is 0.467. The van der Waals surface area contributed by atoms with Crippen LogP contribution >= 0.6 is 11.6 Å². The number of aromatic nitrogens is 2. The van der Waals surface area contributed by atoms with Crippen LogP contribution < -0.4 is 14.2 Å². The lowest BCUT2D eigenvalue weighted by molar-refractivity contribution is 0.355. The second kappa shape index (κ2) is 5.77. The highest BCUT2D eigenvalue weighted by atomic mass is 35.5. The van der Waals surface area contributed by atoms with Gasteiger partial charge in [-0.1, -0.05) is 11.6 Å². The number of rotatable bonds is 4. The van der Waals surface area contributed by atoms with Crippen LogP contribution in [0.15, 0.2) is 30.3 Å². The number of halogens is 1. The van der Waals surface area contributed by atoms with Crippen LogP contribution in [0.3, 0.4) is 0 Å². The molecule has 22 heavy (non-hydrogen) atoms. The Morgan fingerprint density at radius 1 is 1.00 bits per heavy atom. The van der Waals surface area contributed by atoms with Gasteiger partial charge in [0.1, 0.15) is 11.6 Å². The molecule has 0 unspecified atom stereocenters. The second-order valence-corrected chi connectivity index (χ2v) is 5.07. The van der Waals surface area contributed by atoms with Crippen LogP contribution in [0.1, 0.15) is 0 Å². The maximum absolute atomic E-state index is 6.24. The van der Waals surface area contributed by atoms with Gasteiger partial charge in [0.25, 0.3) is 0 Å². The Labute approximate surface area is 132 Å². The summed E-state index contributed by atoms with van der Waals surface area (Å²) in [6, 6.07) is 9.29. The van der Waals surface area contributed by atoms with Crippen molar-refractivity contribution >= 4 is 22.6 Å². The fraction of sp³-hybridized carbons (Fsp3) is 0.188. The van der Waals surface area contributed by atoms with E-state index >= 15 is 0 Å². The van der Waals surface area contributed by atoms with Gasteiger partial charge in [-0.25, -0.2) is 4.98 Å². The minimum absolute atomic E-state index is 0.467. The molecule has 2 aromatic carbocycles. The molecule has 0 spiro atoms. The van der Waals surface area contributed by atoms with Crippen LogP contribution in [0.4, 0.5) is 0 Å². The van der Waals surface area contributed by atoms with Crippen molar-refractivity contribution in [2.75, 3.05) is 21.3 Å². The van der Waals surface area contributed by atoms with Crippen molar-refractivity contribution in [3.8, 4) is 28.6 Å². The van der Waals surface area contributed by atoms with Crippen molar-refractivity contribution in [2.45, 2.75) is 0 Å². The molecule has 0 fully saturated rings. The molecule has 0 aliphatic heterocycles. The van der Waals surface area contributed by atoms with Gasteiger partial charge < -0.3 is 19.2 Å². The molecular weight excluding hydrogens is 304 g/mol. The summed E-state index contributed by atoms with van der Waals surface area (Å²) in [5.74, 6) is 2.54. The van der Waals surface area contributed by atoms with Crippen LogP contribution in [0.25, 0.3) is 22.4 Å². The van der Waals surface area contributed by atoms with Crippen molar-refractivity contribution in [3.63, 3.8) is 0 Å². The van der Waals surface area contributed by atoms with Gasteiger partial charge in [0, 0.05) is 11.6 Å². The number of nitrogens with one attached hydrogen (secondary N) is 1. The monoisotopic (exact) mass is 318 g/mol. The van der Waals surface area contributed by atoms with E-state index in [0.29, 0.717) is 22.3 Å². The first-order chi connectivity index (χ1) is 10.7. The van der Waals surface area contributed by atoms with Gasteiger partial charge in [-0.2, -0.15) is 0 Å². The third-order valence-electron chi connectivity index (χ3n) is 3.40. The lowest BCUT2D eigenvalue weighted by atomic mass is 10.2. The third-order valence-corrected chi connectivity index (χ3v) is 3.68. The van der Waals surface area contributed by atoms with E-state index in [0.717, 1.165) is 22.3 Å². The summed E-state index contributed by atoms with van der Waals surface area (Å²) < 4.78 is 15.8. The van der Waals surface area contributed by atoms with Crippen LogP contribution in [0.2, 0.25) is 5.02 Å². The first kappa shape index (κ1) is 14.5. The average Bonchev–Trinajstić information content (AvgIpc) is 2.96. The summed E-state index contributed by atoms with van der Waals surface area (Å²) >= 11 is 6.24. The van der Waals surface area contributed by atoms with Gasteiger partial charge in [-0.3, -0.25) is 0 Å². The molecule has 0 atom stereocenters. The molecule has 5 nitrogen and oxygen atoms in total. The zero-order valence-corrected chi connectivity index (χ0v) is 13.2. The summed E-state index contributed by atoms with van der Waals surface area (Å²) in [7, 11) is 4.75. The number of imidazole rings is 1. The molecule has 1 N–H and O–H groups in total. The van der Waals surface area contributed by atoms with Crippen LogP contribution in [-0.4, -0.2) is 31.3 Å². The van der Waals surface area contributed by atoms with E-state index in [1.165, 1.54) is 0 Å². The predicted octanol–water partition coefficient (Wildman–Crippen LogP) is 3.91. The van der Waals surface area contributed by atoms with E-state index in [1.807, 2.05) is 24.3 Å². The number of nitrogens with zero attached hydrogens (tertiary/aromatic N) is 1. The molecule has 0 amide bonds. The Hall–Kier alpha value is -2.40. The van der Waals surface area contributed by atoms with E-state index < -0.39 is 0 Å². The fourth-order valence-electron chi connectivity index (χ4n) is 2.31. The fourth-order valence-corrected chi connectivity index (χ4v) is 2.59. The number of benzene rings is 2. The Morgan fingerprint density at radius 3 is 2.50 bits per heavy atom. The standard InChI is InChI=1S/C16H15ClN2O3/c1-20-10-4-5-12-13(8-10)19-16(18-12)9-6-11(17)15(22-3)14(7-9)21-2/h4-8H,1-3H3,(H,18,19). The molecule has 1 heterocycles. The Balaban J connectivity index is 2.12. The first-order valence-electron chi connectivity index (χ1n) is 6.62. The van der Waals surface area contributed by atoms with Crippen molar-refractivity contribution in [3.05, 3.63) is 35.4 Å². The third kappa shape index (κ3) is 2.44. The average molecular weight is 319 g/mol. The van der Waals surface area contributed by atoms with Crippen LogP contribution in [0, 0.1) is 0 Å². The number of aromatic amines is 1. The smallest absolute Gasteiger partial charge is 0.179 e. The highest BCUT2D eigenvalue weighted by molar-refractivity contribution is 6.32. The van der Waals surface area contributed by atoms with E-state index in [1.54, 1.807) is 27.4 Å². The highest BCUT2D eigenvalue weighted by Crippen LogP contribution is 2.39. The predicted molar refractivity (Wildman–Crippen MR) is 86.2 cm³/mol. The summed E-state index contributed by atoms with van der Waals surface area (Å²) in [5, 5.41) is 0.467. The molecule has 0 aliphatic carbocycles. The SMILES string of the molecule is COc1ccc2nc(-c3cc(Cl)c(OC)c(OC)c3)[nH]c2c1. The Morgan fingerprint density at radius 2 is 1.82 bits per heavy atom. The maximum atomic E-state index is 6.24. The number of hydrogen-bond acceptors (Lipinski definition) is 4. The van der Waals surface area contributed by atoms with Crippen molar-refractivity contribution in [1.82, 2.24) is 9.97 Å². The largest absolute Gasteiger partial charge is 0.497 e. The van der Waals surface area contributed by atoms with Crippen LogP contribution in [0.5, 0.6) is 17.2 Å². The molecule has 0 saturated heterocycles. The number of H-pyrrole nitrogens is 1. The molecule has 6 heteroatoms. The molecule has 0 radical (unpaired) electrons. The van der Waals surface area contributed by atoms with E-state index in [4.69, 9.17) is 25.8 Å². The topological polar surface area (TPSA) is 56.4 Å². The van der Waals surface area contributed by atoms with Gasteiger partial charge >= 0.3 is 0 Å². The first-order valence-corrected chi connectivity index (χ1v) is 6.99. The lowest BCUT2D eigenvalue weighted by Crippen LogP contribution is -1.93.